The minimum atomic E-state index is -0.969. The van der Waals surface area contributed by atoms with E-state index in [4.69, 9.17) is 5.73 Å². The number of nitrogens with two attached hydrogens (primary N) is 1. The predicted molar refractivity (Wildman–Crippen MR) is 81.4 cm³/mol. The first-order valence-corrected chi connectivity index (χ1v) is 7.36. The molecule has 118 valence electrons. The first-order chi connectivity index (χ1) is 10.4. The van der Waals surface area contributed by atoms with E-state index in [0.29, 0.717) is 24.1 Å². The van der Waals surface area contributed by atoms with Crippen molar-refractivity contribution in [2.24, 2.45) is 11.1 Å². The number of nitrogens with one attached hydrogen (secondary N) is 1. The Balaban J connectivity index is 2.07. The fourth-order valence-electron chi connectivity index (χ4n) is 2.96. The van der Waals surface area contributed by atoms with Crippen LogP contribution in [0.4, 0.5) is 5.69 Å². The van der Waals surface area contributed by atoms with Crippen LogP contribution in [-0.2, 0) is 9.59 Å². The zero-order valence-corrected chi connectivity index (χ0v) is 12.3. The summed E-state index contributed by atoms with van der Waals surface area (Å²) in [5, 5.41) is 12.1. The zero-order valence-electron chi connectivity index (χ0n) is 12.3. The monoisotopic (exact) mass is 304 g/mol. The molecule has 1 aliphatic carbocycles. The van der Waals surface area contributed by atoms with Gasteiger partial charge in [0.2, 0.25) is 11.8 Å². The molecule has 0 bridgehead atoms. The molecule has 1 fully saturated rings. The maximum Gasteiger partial charge on any atom is 0.310 e. The van der Waals surface area contributed by atoms with Crippen LogP contribution in [0.3, 0.4) is 0 Å². The third-order valence-electron chi connectivity index (χ3n) is 4.19. The van der Waals surface area contributed by atoms with Crippen LogP contribution in [0.5, 0.6) is 0 Å². The number of carboxylic acid groups (broad SMARTS) is 1. The van der Waals surface area contributed by atoms with Crippen LogP contribution in [0.15, 0.2) is 24.3 Å². The van der Waals surface area contributed by atoms with Gasteiger partial charge < -0.3 is 16.2 Å². The number of carbonyl (C=O) groups is 3. The van der Waals surface area contributed by atoms with Gasteiger partial charge in [-0.3, -0.25) is 14.4 Å². The van der Waals surface area contributed by atoms with Gasteiger partial charge in [0.05, 0.1) is 5.41 Å². The number of hydrogen-bond acceptors (Lipinski definition) is 3. The van der Waals surface area contributed by atoms with Gasteiger partial charge in [-0.15, -0.1) is 0 Å². The number of hydrogen-bond donors (Lipinski definition) is 3. The van der Waals surface area contributed by atoms with Crippen molar-refractivity contribution in [1.82, 2.24) is 0 Å². The van der Waals surface area contributed by atoms with Gasteiger partial charge in [0, 0.05) is 17.7 Å². The maximum atomic E-state index is 12.2. The number of rotatable bonds is 5. The molecule has 2 rings (SSSR count). The minimum Gasteiger partial charge on any atom is -0.481 e. The number of carboxylic acids is 1. The van der Waals surface area contributed by atoms with E-state index in [2.05, 4.69) is 5.32 Å². The topological polar surface area (TPSA) is 109 Å². The van der Waals surface area contributed by atoms with E-state index in [1.54, 1.807) is 18.2 Å². The second-order valence-electron chi connectivity index (χ2n) is 5.82. The maximum absolute atomic E-state index is 12.2. The van der Waals surface area contributed by atoms with Gasteiger partial charge in [-0.05, 0) is 31.0 Å². The quantitative estimate of drug-likeness (QED) is 0.774. The highest BCUT2D eigenvalue weighted by atomic mass is 16.4. The van der Waals surface area contributed by atoms with E-state index in [-0.39, 0.29) is 12.3 Å². The molecule has 0 unspecified atom stereocenters. The summed E-state index contributed by atoms with van der Waals surface area (Å²) in [6.45, 7) is 0. The molecule has 6 nitrogen and oxygen atoms in total. The summed E-state index contributed by atoms with van der Waals surface area (Å²) in [5.41, 5.74) is 4.96. The lowest BCUT2D eigenvalue weighted by Gasteiger charge is -2.32. The Bertz CT molecular complexity index is 592. The normalized spacial score (nSPS) is 16.7. The molecule has 0 radical (unpaired) electrons. The third kappa shape index (κ3) is 3.63. The smallest absolute Gasteiger partial charge is 0.310 e. The molecule has 1 aromatic carbocycles. The number of carbonyl (C=O) groups excluding carboxylic acids is 2. The standard InChI is InChI=1S/C16H20N2O4/c17-14(20)11-5-4-6-12(9-11)18-13(19)10-16(15(21)22)7-2-1-3-8-16/h4-6,9H,1-3,7-8,10H2,(H2,17,20)(H,18,19)(H,21,22). The predicted octanol–water partition coefficient (Wildman–Crippen LogP) is 2.15. The fourth-order valence-corrected chi connectivity index (χ4v) is 2.96. The molecule has 0 heterocycles. The molecular weight excluding hydrogens is 284 g/mol. The van der Waals surface area contributed by atoms with Crippen molar-refractivity contribution < 1.29 is 19.5 Å². The fraction of sp³-hybridized carbons (Fsp3) is 0.438. The largest absolute Gasteiger partial charge is 0.481 e. The van der Waals surface area contributed by atoms with Crippen molar-refractivity contribution in [2.75, 3.05) is 5.32 Å². The van der Waals surface area contributed by atoms with Crippen molar-refractivity contribution in [3.05, 3.63) is 29.8 Å². The lowest BCUT2D eigenvalue weighted by molar-refractivity contribution is -0.153. The van der Waals surface area contributed by atoms with E-state index in [1.165, 1.54) is 6.07 Å². The second kappa shape index (κ2) is 6.60. The Morgan fingerprint density at radius 1 is 1.18 bits per heavy atom. The SMILES string of the molecule is NC(=O)c1cccc(NC(=O)CC2(C(=O)O)CCCCC2)c1. The minimum absolute atomic E-state index is 0.0524. The van der Waals surface area contributed by atoms with Gasteiger partial charge in [0.1, 0.15) is 0 Å². The average molecular weight is 304 g/mol. The van der Waals surface area contributed by atoms with E-state index in [0.717, 1.165) is 19.3 Å². The summed E-state index contributed by atoms with van der Waals surface area (Å²) < 4.78 is 0. The summed E-state index contributed by atoms with van der Waals surface area (Å²) in [7, 11) is 0. The first kappa shape index (κ1) is 16.0. The molecule has 0 saturated heterocycles. The van der Waals surface area contributed by atoms with Gasteiger partial charge in [-0.2, -0.15) is 0 Å². The van der Waals surface area contributed by atoms with Crippen LogP contribution in [0.25, 0.3) is 0 Å². The number of anilines is 1. The van der Waals surface area contributed by atoms with Crippen molar-refractivity contribution in [2.45, 2.75) is 38.5 Å². The molecule has 6 heteroatoms. The van der Waals surface area contributed by atoms with Crippen molar-refractivity contribution in [3.63, 3.8) is 0 Å². The lowest BCUT2D eigenvalue weighted by Crippen LogP contribution is -2.37. The number of benzene rings is 1. The summed E-state index contributed by atoms with van der Waals surface area (Å²) in [5.74, 6) is -1.84. The molecule has 0 atom stereocenters. The molecule has 1 saturated carbocycles. The molecule has 0 aromatic heterocycles. The zero-order chi connectivity index (χ0) is 16.2. The van der Waals surface area contributed by atoms with Crippen LogP contribution >= 0.6 is 0 Å². The van der Waals surface area contributed by atoms with Gasteiger partial charge >= 0.3 is 5.97 Å². The Morgan fingerprint density at radius 2 is 1.86 bits per heavy atom. The van der Waals surface area contributed by atoms with Gasteiger partial charge in [-0.1, -0.05) is 25.3 Å². The van der Waals surface area contributed by atoms with Crippen molar-refractivity contribution >= 4 is 23.5 Å². The van der Waals surface area contributed by atoms with E-state index in [9.17, 15) is 19.5 Å². The van der Waals surface area contributed by atoms with Crippen LogP contribution in [-0.4, -0.2) is 22.9 Å². The number of amides is 2. The van der Waals surface area contributed by atoms with E-state index >= 15 is 0 Å². The van der Waals surface area contributed by atoms with Crippen LogP contribution in [0.1, 0.15) is 48.9 Å². The Labute approximate surface area is 128 Å². The lowest BCUT2D eigenvalue weighted by atomic mass is 9.71. The average Bonchev–Trinajstić information content (AvgIpc) is 2.48. The molecular formula is C16H20N2O4. The van der Waals surface area contributed by atoms with E-state index < -0.39 is 17.3 Å². The van der Waals surface area contributed by atoms with Crippen molar-refractivity contribution in [1.29, 1.82) is 0 Å². The second-order valence-corrected chi connectivity index (χ2v) is 5.82. The number of primary amides is 1. The van der Waals surface area contributed by atoms with Crippen LogP contribution in [0, 0.1) is 5.41 Å². The highest BCUT2D eigenvalue weighted by Crippen LogP contribution is 2.39. The Kier molecular flexibility index (Phi) is 4.80. The molecule has 1 aromatic rings. The third-order valence-corrected chi connectivity index (χ3v) is 4.19. The first-order valence-electron chi connectivity index (χ1n) is 7.36. The molecule has 4 N–H and O–H groups in total. The molecule has 2 amide bonds. The summed E-state index contributed by atoms with van der Waals surface area (Å²) in [6.07, 6.45) is 3.67. The van der Waals surface area contributed by atoms with Crippen molar-refractivity contribution in [3.8, 4) is 0 Å². The molecule has 0 spiro atoms. The molecule has 0 aliphatic heterocycles. The Morgan fingerprint density at radius 3 is 2.45 bits per heavy atom. The highest BCUT2D eigenvalue weighted by molar-refractivity contribution is 5.97. The van der Waals surface area contributed by atoms with Gasteiger partial charge in [-0.25, -0.2) is 0 Å². The van der Waals surface area contributed by atoms with E-state index in [1.807, 2.05) is 0 Å². The van der Waals surface area contributed by atoms with Crippen LogP contribution < -0.4 is 11.1 Å². The highest BCUT2D eigenvalue weighted by Gasteiger charge is 2.41. The summed E-state index contributed by atoms with van der Waals surface area (Å²) in [6, 6.07) is 6.29. The Hall–Kier alpha value is -2.37. The van der Waals surface area contributed by atoms with Crippen LogP contribution in [0.2, 0.25) is 0 Å². The molecule has 1 aliphatic rings. The van der Waals surface area contributed by atoms with Gasteiger partial charge in [0.25, 0.3) is 0 Å². The number of aliphatic carboxylic acids is 1. The molecule has 22 heavy (non-hydrogen) atoms. The summed E-state index contributed by atoms with van der Waals surface area (Å²) in [4.78, 5) is 34.9. The van der Waals surface area contributed by atoms with Gasteiger partial charge in [0.15, 0.2) is 0 Å². The summed E-state index contributed by atoms with van der Waals surface area (Å²) >= 11 is 0.